The summed E-state index contributed by atoms with van der Waals surface area (Å²) >= 11 is 3.40. The number of nitrogens with one attached hydrogen (secondary N) is 2. The maximum absolute atomic E-state index is 12.0. The van der Waals surface area contributed by atoms with Gasteiger partial charge in [-0.3, -0.25) is 4.79 Å². The number of unbranched alkanes of at least 4 members (excludes halogenated alkanes) is 1. The molecule has 0 bridgehead atoms. The second-order valence-electron chi connectivity index (χ2n) is 5.07. The quantitative estimate of drug-likeness (QED) is 0.725. The number of rotatable bonds is 7. The lowest BCUT2D eigenvalue weighted by Gasteiger charge is -2.08. The van der Waals surface area contributed by atoms with Crippen LogP contribution in [0.25, 0.3) is 0 Å². The molecule has 1 aromatic heterocycles. The summed E-state index contributed by atoms with van der Waals surface area (Å²) in [5.74, 6) is 0.782. The predicted octanol–water partition coefficient (Wildman–Crippen LogP) is 4.24. The van der Waals surface area contributed by atoms with Crippen molar-refractivity contribution in [1.82, 2.24) is 4.98 Å². The third-order valence-electron chi connectivity index (χ3n) is 3.14. The zero-order valence-corrected chi connectivity index (χ0v) is 14.2. The van der Waals surface area contributed by atoms with Crippen LogP contribution in [0.15, 0.2) is 47.1 Å². The van der Waals surface area contributed by atoms with E-state index >= 15 is 0 Å². The number of anilines is 2. The van der Waals surface area contributed by atoms with Crippen molar-refractivity contribution in [3.8, 4) is 0 Å². The van der Waals surface area contributed by atoms with Crippen molar-refractivity contribution in [2.45, 2.75) is 26.2 Å². The SMILES string of the molecule is CCCCNc1ccc(NC(=O)Cc2cccc(Br)c2)cn1. The van der Waals surface area contributed by atoms with Gasteiger partial charge in [-0.1, -0.05) is 41.4 Å². The molecule has 0 spiro atoms. The van der Waals surface area contributed by atoms with E-state index in [9.17, 15) is 4.79 Å². The van der Waals surface area contributed by atoms with Gasteiger partial charge in [0.15, 0.2) is 0 Å². The van der Waals surface area contributed by atoms with E-state index in [-0.39, 0.29) is 5.91 Å². The molecule has 22 heavy (non-hydrogen) atoms. The van der Waals surface area contributed by atoms with Crippen molar-refractivity contribution in [2.75, 3.05) is 17.2 Å². The summed E-state index contributed by atoms with van der Waals surface area (Å²) in [4.78, 5) is 16.3. The number of carbonyl (C=O) groups excluding carboxylic acids is 1. The van der Waals surface area contributed by atoms with Crippen LogP contribution in [-0.4, -0.2) is 17.4 Å². The van der Waals surface area contributed by atoms with Gasteiger partial charge in [-0.15, -0.1) is 0 Å². The molecule has 0 aliphatic rings. The number of halogens is 1. The Labute approximate surface area is 139 Å². The first-order valence-electron chi connectivity index (χ1n) is 7.41. The largest absolute Gasteiger partial charge is 0.370 e. The Balaban J connectivity index is 1.86. The Morgan fingerprint density at radius 2 is 2.14 bits per heavy atom. The van der Waals surface area contributed by atoms with Gasteiger partial charge in [0.2, 0.25) is 5.91 Å². The number of hydrogen-bond donors (Lipinski definition) is 2. The lowest BCUT2D eigenvalue weighted by atomic mass is 10.1. The summed E-state index contributed by atoms with van der Waals surface area (Å²) in [5, 5.41) is 6.10. The zero-order chi connectivity index (χ0) is 15.8. The first-order valence-corrected chi connectivity index (χ1v) is 8.21. The van der Waals surface area contributed by atoms with E-state index in [4.69, 9.17) is 0 Å². The molecule has 2 N–H and O–H groups in total. The fourth-order valence-corrected chi connectivity index (χ4v) is 2.45. The minimum absolute atomic E-state index is 0.0495. The van der Waals surface area contributed by atoms with Gasteiger partial charge in [0, 0.05) is 11.0 Å². The second kappa shape index (κ2) is 8.54. The van der Waals surface area contributed by atoms with E-state index in [2.05, 4.69) is 38.5 Å². The fraction of sp³-hybridized carbons (Fsp3) is 0.294. The summed E-state index contributed by atoms with van der Waals surface area (Å²) in [7, 11) is 0. The molecule has 2 rings (SSSR count). The average Bonchev–Trinajstić information content (AvgIpc) is 2.49. The van der Waals surface area contributed by atoms with E-state index in [0.29, 0.717) is 12.1 Å². The fourth-order valence-electron chi connectivity index (χ4n) is 2.00. The van der Waals surface area contributed by atoms with E-state index in [1.165, 1.54) is 0 Å². The van der Waals surface area contributed by atoms with Crippen LogP contribution in [0.2, 0.25) is 0 Å². The molecule has 0 aliphatic heterocycles. The molecule has 116 valence electrons. The van der Waals surface area contributed by atoms with Crippen molar-refractivity contribution in [1.29, 1.82) is 0 Å². The highest BCUT2D eigenvalue weighted by Gasteiger charge is 2.05. The smallest absolute Gasteiger partial charge is 0.228 e. The van der Waals surface area contributed by atoms with E-state index in [0.717, 1.165) is 35.2 Å². The van der Waals surface area contributed by atoms with E-state index in [1.807, 2.05) is 36.4 Å². The van der Waals surface area contributed by atoms with Gasteiger partial charge >= 0.3 is 0 Å². The van der Waals surface area contributed by atoms with Gasteiger partial charge in [0.05, 0.1) is 18.3 Å². The molecule has 4 nitrogen and oxygen atoms in total. The van der Waals surface area contributed by atoms with Crippen LogP contribution in [0.4, 0.5) is 11.5 Å². The number of pyridine rings is 1. The molecule has 5 heteroatoms. The normalized spacial score (nSPS) is 10.3. The zero-order valence-electron chi connectivity index (χ0n) is 12.6. The molecular formula is C17H20BrN3O. The lowest BCUT2D eigenvalue weighted by Crippen LogP contribution is -2.14. The van der Waals surface area contributed by atoms with Crippen molar-refractivity contribution < 1.29 is 4.79 Å². The van der Waals surface area contributed by atoms with Gasteiger partial charge in [0.25, 0.3) is 0 Å². The van der Waals surface area contributed by atoms with Gasteiger partial charge in [0.1, 0.15) is 5.82 Å². The first-order chi connectivity index (χ1) is 10.7. The van der Waals surface area contributed by atoms with Gasteiger partial charge in [-0.25, -0.2) is 4.98 Å². The highest BCUT2D eigenvalue weighted by atomic mass is 79.9. The molecule has 0 atom stereocenters. The molecule has 0 aliphatic carbocycles. The van der Waals surface area contributed by atoms with Crippen LogP contribution in [0.3, 0.4) is 0 Å². The molecule has 1 amide bonds. The summed E-state index contributed by atoms with van der Waals surface area (Å²) < 4.78 is 0.974. The molecule has 0 unspecified atom stereocenters. The number of nitrogens with zero attached hydrogens (tertiary/aromatic N) is 1. The number of amides is 1. The molecule has 1 heterocycles. The lowest BCUT2D eigenvalue weighted by molar-refractivity contribution is -0.115. The number of hydrogen-bond acceptors (Lipinski definition) is 3. The van der Waals surface area contributed by atoms with Crippen molar-refractivity contribution >= 4 is 33.3 Å². The van der Waals surface area contributed by atoms with Crippen molar-refractivity contribution in [2.24, 2.45) is 0 Å². The van der Waals surface area contributed by atoms with Gasteiger partial charge in [-0.2, -0.15) is 0 Å². The van der Waals surface area contributed by atoms with Crippen LogP contribution in [-0.2, 0) is 11.2 Å². The van der Waals surface area contributed by atoms with Crippen molar-refractivity contribution in [3.63, 3.8) is 0 Å². The molecule has 0 fully saturated rings. The topological polar surface area (TPSA) is 54.0 Å². The van der Waals surface area contributed by atoms with Crippen LogP contribution in [0, 0.1) is 0 Å². The van der Waals surface area contributed by atoms with Crippen LogP contribution < -0.4 is 10.6 Å². The predicted molar refractivity (Wildman–Crippen MR) is 94.1 cm³/mol. The number of benzene rings is 1. The Bertz CT molecular complexity index is 614. The van der Waals surface area contributed by atoms with Crippen LogP contribution >= 0.6 is 15.9 Å². The minimum Gasteiger partial charge on any atom is -0.370 e. The average molecular weight is 362 g/mol. The molecule has 0 radical (unpaired) electrons. The highest BCUT2D eigenvalue weighted by Crippen LogP contribution is 2.14. The maximum atomic E-state index is 12.0. The number of carbonyl (C=O) groups is 1. The summed E-state index contributed by atoms with van der Waals surface area (Å²) in [6.07, 6.45) is 4.28. The van der Waals surface area contributed by atoms with Gasteiger partial charge in [-0.05, 0) is 36.2 Å². The first kappa shape index (κ1) is 16.5. The molecule has 1 aromatic carbocycles. The Morgan fingerprint density at radius 3 is 2.82 bits per heavy atom. The minimum atomic E-state index is -0.0495. The summed E-state index contributed by atoms with van der Waals surface area (Å²) in [5.41, 5.74) is 1.68. The Kier molecular flexibility index (Phi) is 6.40. The Morgan fingerprint density at radius 1 is 1.27 bits per heavy atom. The van der Waals surface area contributed by atoms with Crippen LogP contribution in [0.1, 0.15) is 25.3 Å². The Hall–Kier alpha value is -1.88. The highest BCUT2D eigenvalue weighted by molar-refractivity contribution is 9.10. The number of aromatic nitrogens is 1. The van der Waals surface area contributed by atoms with Gasteiger partial charge < -0.3 is 10.6 Å². The molecule has 2 aromatic rings. The summed E-state index contributed by atoms with van der Waals surface area (Å²) in [6, 6.07) is 11.5. The molecule has 0 saturated carbocycles. The monoisotopic (exact) mass is 361 g/mol. The third-order valence-corrected chi connectivity index (χ3v) is 3.63. The van der Waals surface area contributed by atoms with E-state index in [1.54, 1.807) is 6.20 Å². The maximum Gasteiger partial charge on any atom is 0.228 e. The standard InChI is InChI=1S/C17H20BrN3O/c1-2-3-9-19-16-8-7-15(12-20-16)21-17(22)11-13-5-4-6-14(18)10-13/h4-8,10,12H,2-3,9,11H2,1H3,(H,19,20)(H,21,22). The van der Waals surface area contributed by atoms with Crippen molar-refractivity contribution in [3.05, 3.63) is 52.6 Å². The third kappa shape index (κ3) is 5.48. The molecule has 0 saturated heterocycles. The summed E-state index contributed by atoms with van der Waals surface area (Å²) in [6.45, 7) is 3.07. The van der Waals surface area contributed by atoms with Crippen LogP contribution in [0.5, 0.6) is 0 Å². The second-order valence-corrected chi connectivity index (χ2v) is 5.98. The molecular weight excluding hydrogens is 342 g/mol. The van der Waals surface area contributed by atoms with E-state index < -0.39 is 0 Å².